The Bertz CT molecular complexity index is 390. The van der Waals surface area contributed by atoms with Gasteiger partial charge in [-0.1, -0.05) is 13.0 Å². The number of hydrogen-bond donors (Lipinski definition) is 2. The molecule has 0 fully saturated rings. The molecule has 0 saturated carbocycles. The van der Waals surface area contributed by atoms with Gasteiger partial charge in [0.05, 0.1) is 12.0 Å². The zero-order valence-corrected chi connectivity index (χ0v) is 9.27. The quantitative estimate of drug-likeness (QED) is 0.828. The van der Waals surface area contributed by atoms with Gasteiger partial charge in [-0.2, -0.15) is 0 Å². The number of hydrogen-bond acceptors (Lipinski definition) is 2. The van der Waals surface area contributed by atoms with Crippen LogP contribution in [0.4, 0.5) is 4.39 Å². The van der Waals surface area contributed by atoms with Crippen molar-refractivity contribution in [2.45, 2.75) is 26.4 Å². The van der Waals surface area contributed by atoms with Crippen molar-refractivity contribution in [1.29, 1.82) is 0 Å². The van der Waals surface area contributed by atoms with Crippen molar-refractivity contribution in [3.63, 3.8) is 0 Å². The Morgan fingerprint density at radius 2 is 2.12 bits per heavy atom. The zero-order chi connectivity index (χ0) is 12.3. The number of rotatable bonds is 4. The molecule has 0 spiro atoms. The van der Waals surface area contributed by atoms with Gasteiger partial charge in [-0.05, 0) is 36.6 Å². The van der Waals surface area contributed by atoms with E-state index in [4.69, 9.17) is 5.11 Å². The number of aryl methyl sites for hydroxylation is 1. The molecule has 1 aromatic carbocycles. The molecule has 4 heteroatoms. The standard InChI is InChI=1S/C12H15FO3/c1-3-9(12(15)16)11(14)10-5-4-8(13)6-7(10)2/h4-6,9,11,14H,3H2,1-2H3,(H,15,16). The van der Waals surface area contributed by atoms with Gasteiger partial charge in [-0.25, -0.2) is 4.39 Å². The van der Waals surface area contributed by atoms with Crippen molar-refractivity contribution in [3.8, 4) is 0 Å². The van der Waals surface area contributed by atoms with Crippen LogP contribution in [0.25, 0.3) is 0 Å². The van der Waals surface area contributed by atoms with E-state index in [2.05, 4.69) is 0 Å². The minimum atomic E-state index is -1.09. The SMILES string of the molecule is CCC(C(=O)O)C(O)c1ccc(F)cc1C. The number of carboxylic acid groups (broad SMARTS) is 1. The number of aliphatic hydroxyl groups excluding tert-OH is 1. The first-order valence-corrected chi connectivity index (χ1v) is 5.14. The second-order valence-corrected chi connectivity index (χ2v) is 3.80. The zero-order valence-electron chi connectivity index (χ0n) is 9.27. The maximum atomic E-state index is 12.9. The van der Waals surface area contributed by atoms with Crippen molar-refractivity contribution in [1.82, 2.24) is 0 Å². The van der Waals surface area contributed by atoms with Crippen molar-refractivity contribution in [2.24, 2.45) is 5.92 Å². The van der Waals surface area contributed by atoms with Crippen molar-refractivity contribution < 1.29 is 19.4 Å². The number of benzene rings is 1. The molecule has 0 bridgehead atoms. The van der Waals surface area contributed by atoms with Gasteiger partial charge in [-0.15, -0.1) is 0 Å². The van der Waals surface area contributed by atoms with E-state index in [1.165, 1.54) is 18.2 Å². The Hall–Kier alpha value is -1.42. The lowest BCUT2D eigenvalue weighted by atomic mass is 9.91. The van der Waals surface area contributed by atoms with Crippen LogP contribution < -0.4 is 0 Å². The van der Waals surface area contributed by atoms with Gasteiger partial charge in [0.1, 0.15) is 5.82 Å². The van der Waals surface area contributed by atoms with Crippen LogP contribution in [0, 0.1) is 18.7 Å². The molecule has 2 unspecified atom stereocenters. The van der Waals surface area contributed by atoms with Crippen molar-refractivity contribution in [2.75, 3.05) is 0 Å². The molecule has 0 saturated heterocycles. The highest BCUT2D eigenvalue weighted by Crippen LogP contribution is 2.27. The van der Waals surface area contributed by atoms with E-state index < -0.39 is 23.8 Å². The molecule has 16 heavy (non-hydrogen) atoms. The predicted molar refractivity (Wildman–Crippen MR) is 57.5 cm³/mol. The van der Waals surface area contributed by atoms with Gasteiger partial charge in [0, 0.05) is 0 Å². The first kappa shape index (κ1) is 12.6. The molecule has 88 valence electrons. The number of aliphatic hydroxyl groups is 1. The normalized spacial score (nSPS) is 14.5. The molecule has 0 heterocycles. The molecular weight excluding hydrogens is 211 g/mol. The van der Waals surface area contributed by atoms with Gasteiger partial charge >= 0.3 is 5.97 Å². The minimum absolute atomic E-state index is 0.327. The summed E-state index contributed by atoms with van der Waals surface area (Å²) < 4.78 is 12.9. The summed E-state index contributed by atoms with van der Waals surface area (Å²) >= 11 is 0. The van der Waals surface area contributed by atoms with Gasteiger partial charge in [-0.3, -0.25) is 4.79 Å². The largest absolute Gasteiger partial charge is 0.481 e. The molecular formula is C12H15FO3. The van der Waals surface area contributed by atoms with Crippen LogP contribution >= 0.6 is 0 Å². The molecule has 0 aliphatic heterocycles. The second-order valence-electron chi connectivity index (χ2n) is 3.80. The fourth-order valence-electron chi connectivity index (χ4n) is 1.72. The van der Waals surface area contributed by atoms with Crippen LogP contribution in [0.5, 0.6) is 0 Å². The minimum Gasteiger partial charge on any atom is -0.481 e. The van der Waals surface area contributed by atoms with Crippen LogP contribution in [0.1, 0.15) is 30.6 Å². The highest BCUT2D eigenvalue weighted by Gasteiger charge is 2.26. The van der Waals surface area contributed by atoms with Gasteiger partial charge in [0.2, 0.25) is 0 Å². The number of aliphatic carboxylic acids is 1. The third kappa shape index (κ3) is 2.58. The molecule has 0 aromatic heterocycles. The third-order valence-corrected chi connectivity index (χ3v) is 2.69. The summed E-state index contributed by atoms with van der Waals surface area (Å²) in [6, 6.07) is 3.94. The number of carbonyl (C=O) groups is 1. The Morgan fingerprint density at radius 1 is 1.50 bits per heavy atom. The van der Waals surface area contributed by atoms with Gasteiger partial charge in [0.15, 0.2) is 0 Å². The fraction of sp³-hybridized carbons (Fsp3) is 0.417. The monoisotopic (exact) mass is 226 g/mol. The molecule has 3 nitrogen and oxygen atoms in total. The lowest BCUT2D eigenvalue weighted by Crippen LogP contribution is -2.21. The fourth-order valence-corrected chi connectivity index (χ4v) is 1.72. The summed E-state index contributed by atoms with van der Waals surface area (Å²) in [7, 11) is 0. The van der Waals surface area contributed by atoms with Gasteiger partial charge in [0.25, 0.3) is 0 Å². The average Bonchev–Trinajstić information content (AvgIpc) is 2.17. The Balaban J connectivity index is 3.03. The average molecular weight is 226 g/mol. The van der Waals surface area contributed by atoms with Crippen LogP contribution in [0.15, 0.2) is 18.2 Å². The lowest BCUT2D eigenvalue weighted by Gasteiger charge is -2.19. The Labute approximate surface area is 93.5 Å². The van der Waals surface area contributed by atoms with E-state index in [-0.39, 0.29) is 0 Å². The maximum absolute atomic E-state index is 12.9. The summed E-state index contributed by atoms with van der Waals surface area (Å²) in [6.07, 6.45) is -0.768. The van der Waals surface area contributed by atoms with Crippen molar-refractivity contribution >= 4 is 5.97 Å². The molecule has 0 aliphatic rings. The molecule has 0 amide bonds. The molecule has 2 atom stereocenters. The molecule has 1 aromatic rings. The summed E-state index contributed by atoms with van der Waals surface area (Å²) in [5.74, 6) is -2.29. The molecule has 1 rings (SSSR count). The molecule has 0 radical (unpaired) electrons. The maximum Gasteiger partial charge on any atom is 0.309 e. The highest BCUT2D eigenvalue weighted by atomic mass is 19.1. The van der Waals surface area contributed by atoms with Crippen LogP contribution in [-0.4, -0.2) is 16.2 Å². The van der Waals surface area contributed by atoms with E-state index in [0.717, 1.165) is 0 Å². The predicted octanol–water partition coefficient (Wildman–Crippen LogP) is 2.28. The summed E-state index contributed by atoms with van der Waals surface area (Å²) in [5, 5.41) is 18.8. The van der Waals surface area contributed by atoms with E-state index in [1.807, 2.05) is 0 Å². The smallest absolute Gasteiger partial charge is 0.309 e. The summed E-state index contributed by atoms with van der Waals surface area (Å²) in [6.45, 7) is 3.34. The van der Waals surface area contributed by atoms with Gasteiger partial charge < -0.3 is 10.2 Å². The Kier molecular flexibility index (Phi) is 4.01. The van der Waals surface area contributed by atoms with E-state index in [0.29, 0.717) is 17.5 Å². The van der Waals surface area contributed by atoms with E-state index >= 15 is 0 Å². The van der Waals surface area contributed by atoms with Crippen LogP contribution in [0.2, 0.25) is 0 Å². The third-order valence-electron chi connectivity index (χ3n) is 2.69. The lowest BCUT2D eigenvalue weighted by molar-refractivity contribution is -0.146. The first-order chi connectivity index (χ1) is 7.47. The molecule has 0 aliphatic carbocycles. The highest BCUT2D eigenvalue weighted by molar-refractivity contribution is 5.71. The van der Waals surface area contributed by atoms with Crippen LogP contribution in [0.3, 0.4) is 0 Å². The van der Waals surface area contributed by atoms with E-state index in [1.54, 1.807) is 13.8 Å². The van der Waals surface area contributed by atoms with E-state index in [9.17, 15) is 14.3 Å². The first-order valence-electron chi connectivity index (χ1n) is 5.14. The summed E-state index contributed by atoms with van der Waals surface area (Å²) in [4.78, 5) is 10.9. The topological polar surface area (TPSA) is 57.5 Å². The second kappa shape index (κ2) is 5.07. The van der Waals surface area contributed by atoms with Crippen molar-refractivity contribution in [3.05, 3.63) is 35.1 Å². The summed E-state index contributed by atoms with van der Waals surface area (Å²) in [5.41, 5.74) is 1.03. The Morgan fingerprint density at radius 3 is 2.56 bits per heavy atom. The number of carboxylic acids is 1. The molecule has 2 N–H and O–H groups in total. The number of halogens is 1. The van der Waals surface area contributed by atoms with Crippen LogP contribution in [-0.2, 0) is 4.79 Å².